The van der Waals surface area contributed by atoms with Gasteiger partial charge in [0.2, 0.25) is 5.91 Å². The van der Waals surface area contributed by atoms with E-state index in [9.17, 15) is 4.79 Å². The van der Waals surface area contributed by atoms with E-state index in [-0.39, 0.29) is 5.91 Å². The lowest BCUT2D eigenvalue weighted by Crippen LogP contribution is -2.42. The maximum atomic E-state index is 10.8. The molecule has 11 heavy (non-hydrogen) atoms. The Morgan fingerprint density at radius 2 is 2.00 bits per heavy atom. The molecule has 0 heterocycles. The summed E-state index contributed by atoms with van der Waals surface area (Å²) in [6, 6.07) is -0.618. The largest absolute Gasteiger partial charge is 0.349 e. The number of carbonyl (C=O) groups is 1. The second-order valence-corrected chi connectivity index (χ2v) is 3.71. The average Bonchev–Trinajstić information content (AvgIpc) is 1.87. The second-order valence-electron chi connectivity index (χ2n) is 2.29. The van der Waals surface area contributed by atoms with E-state index in [4.69, 9.17) is 15.5 Å². The van der Waals surface area contributed by atoms with Gasteiger partial charge in [0.15, 0.2) is 8.38 Å². The quantitative estimate of drug-likeness (QED) is 0.423. The summed E-state index contributed by atoms with van der Waals surface area (Å²) >= 11 is 0. The van der Waals surface area contributed by atoms with E-state index in [2.05, 4.69) is 5.32 Å². The van der Waals surface area contributed by atoms with Gasteiger partial charge in [-0.1, -0.05) is 0 Å². The van der Waals surface area contributed by atoms with Crippen molar-refractivity contribution in [2.75, 3.05) is 0 Å². The summed E-state index contributed by atoms with van der Waals surface area (Å²) in [5.74, 6) is -1.00. The molecule has 2 unspecified atom stereocenters. The number of amides is 1. The van der Waals surface area contributed by atoms with Crippen molar-refractivity contribution in [1.29, 1.82) is 0 Å². The fourth-order valence-corrected chi connectivity index (χ4v) is 0.638. The Hall–Kier alpha value is -0.220. The topological polar surface area (TPSA) is 95.6 Å². The van der Waals surface area contributed by atoms with Gasteiger partial charge in [0.25, 0.3) is 0 Å². The summed E-state index contributed by atoms with van der Waals surface area (Å²) in [5.41, 5.74) is 5.22. The fraction of sp³-hybridized carbons (Fsp3) is 0.800. The molecule has 1 amide bonds. The van der Waals surface area contributed by atoms with Gasteiger partial charge in [-0.15, -0.1) is 0 Å². The predicted octanol–water partition coefficient (Wildman–Crippen LogP) is -0.908. The van der Waals surface area contributed by atoms with E-state index in [0.29, 0.717) is 0 Å². The summed E-state index contributed by atoms with van der Waals surface area (Å²) in [7, 11) is -2.11. The van der Waals surface area contributed by atoms with E-state index in [1.807, 2.05) is 0 Å². The number of rotatable bonds is 3. The first kappa shape index (κ1) is 10.8. The second kappa shape index (κ2) is 4.62. The Bertz CT molecular complexity index is 140. The summed E-state index contributed by atoms with van der Waals surface area (Å²) in [4.78, 5) is 28.0. The molecule has 0 aromatic heterocycles. The summed E-state index contributed by atoms with van der Waals surface area (Å²) in [6.07, 6.45) is 0. The minimum Gasteiger partial charge on any atom is -0.349 e. The first-order valence-corrected chi connectivity index (χ1v) is 4.49. The zero-order valence-electron chi connectivity index (χ0n) is 6.48. The van der Waals surface area contributed by atoms with Gasteiger partial charge in [-0.3, -0.25) is 4.79 Å². The molecule has 0 aromatic rings. The standard InChI is InChI=1S/C5H13N2O3P/c1-3(6)5(8)7-4(2)11(9)10/h3-4,9-10H,6H2,1-2H3,(H,7,8). The third kappa shape index (κ3) is 4.27. The molecule has 0 saturated heterocycles. The highest BCUT2D eigenvalue weighted by Gasteiger charge is 2.16. The zero-order chi connectivity index (χ0) is 9.02. The van der Waals surface area contributed by atoms with Crippen molar-refractivity contribution in [2.24, 2.45) is 5.73 Å². The molecule has 0 saturated carbocycles. The Morgan fingerprint density at radius 1 is 1.55 bits per heavy atom. The lowest BCUT2D eigenvalue weighted by Gasteiger charge is -2.15. The molecule has 0 aliphatic carbocycles. The third-order valence-electron chi connectivity index (χ3n) is 1.11. The van der Waals surface area contributed by atoms with Crippen molar-refractivity contribution in [2.45, 2.75) is 25.7 Å². The van der Waals surface area contributed by atoms with E-state index in [1.54, 1.807) is 0 Å². The van der Waals surface area contributed by atoms with Crippen LogP contribution in [0.4, 0.5) is 0 Å². The summed E-state index contributed by atoms with van der Waals surface area (Å²) in [5, 5.41) is 2.34. The normalized spacial score (nSPS) is 16.2. The Balaban J connectivity index is 3.76. The maximum Gasteiger partial charge on any atom is 0.237 e. The molecule has 6 heteroatoms. The van der Waals surface area contributed by atoms with Crippen LogP contribution in [0.1, 0.15) is 13.8 Å². The molecule has 0 rings (SSSR count). The van der Waals surface area contributed by atoms with E-state index in [0.717, 1.165) is 0 Å². The maximum absolute atomic E-state index is 10.8. The minimum absolute atomic E-state index is 0.381. The van der Waals surface area contributed by atoms with Crippen LogP contribution in [0.15, 0.2) is 0 Å². The monoisotopic (exact) mass is 180 g/mol. The van der Waals surface area contributed by atoms with Crippen molar-refractivity contribution in [3.8, 4) is 0 Å². The molecule has 2 atom stereocenters. The number of nitrogens with one attached hydrogen (secondary N) is 1. The van der Waals surface area contributed by atoms with Gasteiger partial charge >= 0.3 is 0 Å². The highest BCUT2D eigenvalue weighted by Crippen LogP contribution is 2.27. The molecule has 5 nitrogen and oxygen atoms in total. The van der Waals surface area contributed by atoms with Gasteiger partial charge in [-0.25, -0.2) is 0 Å². The molecule has 0 radical (unpaired) electrons. The van der Waals surface area contributed by atoms with Crippen LogP contribution in [-0.2, 0) is 4.79 Å². The average molecular weight is 180 g/mol. The van der Waals surface area contributed by atoms with Crippen molar-refractivity contribution < 1.29 is 14.6 Å². The molecular formula is C5H13N2O3P. The first-order chi connectivity index (χ1) is 4.95. The molecule has 0 aliphatic rings. The lowest BCUT2D eigenvalue weighted by molar-refractivity contribution is -0.122. The third-order valence-corrected chi connectivity index (χ3v) is 1.93. The molecule has 66 valence electrons. The number of nitrogens with two attached hydrogens (primary N) is 1. The van der Waals surface area contributed by atoms with Gasteiger partial charge in [0.05, 0.1) is 11.8 Å². The Labute approximate surface area is 66.5 Å². The fourth-order valence-electron chi connectivity index (χ4n) is 0.395. The van der Waals surface area contributed by atoms with Crippen LogP contribution in [0.5, 0.6) is 0 Å². The van der Waals surface area contributed by atoms with E-state index < -0.39 is 20.2 Å². The number of hydrogen-bond donors (Lipinski definition) is 4. The van der Waals surface area contributed by atoms with Gasteiger partial charge in [-0.05, 0) is 13.8 Å². The van der Waals surface area contributed by atoms with Crippen molar-refractivity contribution in [3.63, 3.8) is 0 Å². The number of carbonyl (C=O) groups excluding carboxylic acids is 1. The first-order valence-electron chi connectivity index (χ1n) is 3.18. The predicted molar refractivity (Wildman–Crippen MR) is 42.6 cm³/mol. The Kier molecular flexibility index (Phi) is 4.52. The molecule has 0 aromatic carbocycles. The van der Waals surface area contributed by atoms with Crippen LogP contribution in [0.2, 0.25) is 0 Å². The van der Waals surface area contributed by atoms with Crippen LogP contribution in [0.3, 0.4) is 0 Å². The van der Waals surface area contributed by atoms with Crippen LogP contribution < -0.4 is 11.1 Å². The Morgan fingerprint density at radius 3 is 2.27 bits per heavy atom. The molecule has 0 fully saturated rings. The highest BCUT2D eigenvalue weighted by molar-refractivity contribution is 7.45. The molecule has 5 N–H and O–H groups in total. The van der Waals surface area contributed by atoms with Crippen molar-refractivity contribution >= 4 is 14.3 Å². The van der Waals surface area contributed by atoms with Gasteiger partial charge in [0, 0.05) is 0 Å². The van der Waals surface area contributed by atoms with E-state index in [1.165, 1.54) is 13.8 Å². The van der Waals surface area contributed by atoms with Crippen LogP contribution >= 0.6 is 8.38 Å². The molecule has 0 spiro atoms. The van der Waals surface area contributed by atoms with Gasteiger partial charge < -0.3 is 20.8 Å². The molecular weight excluding hydrogens is 167 g/mol. The van der Waals surface area contributed by atoms with Crippen LogP contribution in [0, 0.1) is 0 Å². The van der Waals surface area contributed by atoms with Crippen LogP contribution in [-0.4, -0.2) is 27.5 Å². The minimum atomic E-state index is -2.11. The van der Waals surface area contributed by atoms with Crippen molar-refractivity contribution in [1.82, 2.24) is 5.32 Å². The highest BCUT2D eigenvalue weighted by atomic mass is 31.2. The smallest absolute Gasteiger partial charge is 0.237 e. The molecule has 0 aliphatic heterocycles. The summed E-state index contributed by atoms with van der Waals surface area (Å²) < 4.78 is 0. The molecule has 0 bridgehead atoms. The summed E-state index contributed by atoms with van der Waals surface area (Å²) in [6.45, 7) is 3.03. The van der Waals surface area contributed by atoms with E-state index >= 15 is 0 Å². The van der Waals surface area contributed by atoms with Gasteiger partial charge in [0.1, 0.15) is 0 Å². The van der Waals surface area contributed by atoms with Gasteiger partial charge in [-0.2, -0.15) is 0 Å². The zero-order valence-corrected chi connectivity index (χ0v) is 7.38. The lowest BCUT2D eigenvalue weighted by atomic mass is 10.3. The van der Waals surface area contributed by atoms with Crippen LogP contribution in [0.25, 0.3) is 0 Å². The van der Waals surface area contributed by atoms with Crippen molar-refractivity contribution in [3.05, 3.63) is 0 Å². The SMILES string of the molecule is CC(N)C(=O)NC(C)P(O)O. The number of hydrogen-bond acceptors (Lipinski definition) is 4.